The van der Waals surface area contributed by atoms with Crippen LogP contribution in [0, 0.1) is 0 Å². The first-order valence-corrected chi connectivity index (χ1v) is 7.02. The van der Waals surface area contributed by atoms with Gasteiger partial charge < -0.3 is 10.4 Å². The van der Waals surface area contributed by atoms with Crippen molar-refractivity contribution >= 4 is 34.1 Å². The van der Waals surface area contributed by atoms with Gasteiger partial charge in [0.05, 0.1) is 0 Å². The molecular weight excluding hydrogens is 292 g/mol. The smallest absolute Gasteiger partial charge is 0.409 e. The summed E-state index contributed by atoms with van der Waals surface area (Å²) in [4.78, 5) is 23.0. The molecule has 5 heteroatoms. The molecule has 0 radical (unpaired) electrons. The highest BCUT2D eigenvalue weighted by molar-refractivity contribution is 6.12. The third-order valence-corrected chi connectivity index (χ3v) is 3.43. The summed E-state index contributed by atoms with van der Waals surface area (Å²) in [5.74, 6) is -0.208. The van der Waals surface area contributed by atoms with Crippen molar-refractivity contribution in [2.24, 2.45) is 0 Å². The van der Waals surface area contributed by atoms with Crippen LogP contribution in [0.15, 0.2) is 66.7 Å². The van der Waals surface area contributed by atoms with E-state index in [-0.39, 0.29) is 5.91 Å². The number of hydrogen-bond donors (Lipinski definition) is 3. The fourth-order valence-electron chi connectivity index (χ4n) is 2.38. The quantitative estimate of drug-likeness (QED) is 0.679. The molecule has 3 aromatic carbocycles. The van der Waals surface area contributed by atoms with Crippen LogP contribution in [0.1, 0.15) is 10.4 Å². The molecule has 0 unspecified atom stereocenters. The fraction of sp³-hybridized carbons (Fsp3) is 0. The van der Waals surface area contributed by atoms with Gasteiger partial charge in [0.2, 0.25) is 0 Å². The van der Waals surface area contributed by atoms with E-state index in [1.807, 2.05) is 36.4 Å². The third-order valence-electron chi connectivity index (χ3n) is 3.43. The molecule has 0 aliphatic carbocycles. The third kappa shape index (κ3) is 3.29. The SMILES string of the molecule is O=C(O)Nc1ccc(NC(=O)c2cccc3ccccc23)cc1. The zero-order valence-corrected chi connectivity index (χ0v) is 12.1. The monoisotopic (exact) mass is 306 g/mol. The molecule has 3 rings (SSSR count). The van der Waals surface area contributed by atoms with Crippen LogP contribution in [0.25, 0.3) is 10.8 Å². The van der Waals surface area contributed by atoms with Crippen LogP contribution in [0.3, 0.4) is 0 Å². The first-order valence-electron chi connectivity index (χ1n) is 7.02. The highest BCUT2D eigenvalue weighted by atomic mass is 16.4. The van der Waals surface area contributed by atoms with Crippen LogP contribution in [-0.2, 0) is 0 Å². The molecule has 3 N–H and O–H groups in total. The molecule has 0 aliphatic heterocycles. The van der Waals surface area contributed by atoms with Crippen molar-refractivity contribution in [1.29, 1.82) is 0 Å². The average molecular weight is 306 g/mol. The van der Waals surface area contributed by atoms with Gasteiger partial charge in [-0.25, -0.2) is 4.79 Å². The second-order valence-electron chi connectivity index (χ2n) is 4.99. The van der Waals surface area contributed by atoms with Gasteiger partial charge in [-0.15, -0.1) is 0 Å². The number of anilines is 2. The minimum atomic E-state index is -1.13. The maximum absolute atomic E-state index is 12.5. The lowest BCUT2D eigenvalue weighted by molar-refractivity contribution is 0.102. The van der Waals surface area contributed by atoms with Crippen LogP contribution < -0.4 is 10.6 Å². The van der Waals surface area contributed by atoms with E-state index in [9.17, 15) is 9.59 Å². The Hall–Kier alpha value is -3.34. The molecule has 0 spiro atoms. The molecule has 3 aromatic rings. The van der Waals surface area contributed by atoms with Crippen LogP contribution in [0.5, 0.6) is 0 Å². The number of rotatable bonds is 3. The number of carbonyl (C=O) groups excluding carboxylic acids is 1. The topological polar surface area (TPSA) is 78.4 Å². The van der Waals surface area contributed by atoms with Crippen molar-refractivity contribution in [3.8, 4) is 0 Å². The van der Waals surface area contributed by atoms with Crippen molar-refractivity contribution in [3.63, 3.8) is 0 Å². The Morgan fingerprint density at radius 1 is 0.739 bits per heavy atom. The van der Waals surface area contributed by atoms with Crippen molar-refractivity contribution in [2.75, 3.05) is 10.6 Å². The Morgan fingerprint density at radius 3 is 2.04 bits per heavy atom. The summed E-state index contributed by atoms with van der Waals surface area (Å²) in [5.41, 5.74) is 1.63. The normalized spacial score (nSPS) is 10.3. The first-order chi connectivity index (χ1) is 11.1. The molecule has 0 saturated heterocycles. The summed E-state index contributed by atoms with van der Waals surface area (Å²) in [7, 11) is 0. The van der Waals surface area contributed by atoms with E-state index in [1.54, 1.807) is 30.3 Å². The van der Waals surface area contributed by atoms with Crippen LogP contribution >= 0.6 is 0 Å². The predicted molar refractivity (Wildman–Crippen MR) is 90.0 cm³/mol. The number of amides is 2. The molecule has 2 amide bonds. The van der Waals surface area contributed by atoms with Crippen molar-refractivity contribution in [3.05, 3.63) is 72.3 Å². The number of carboxylic acid groups (broad SMARTS) is 1. The minimum Gasteiger partial charge on any atom is -0.465 e. The summed E-state index contributed by atoms with van der Waals surface area (Å²) in [6.45, 7) is 0. The Bertz CT molecular complexity index is 868. The van der Waals surface area contributed by atoms with Gasteiger partial charge in [-0.2, -0.15) is 0 Å². The summed E-state index contributed by atoms with van der Waals surface area (Å²) in [6, 6.07) is 19.7. The van der Waals surface area contributed by atoms with E-state index < -0.39 is 6.09 Å². The number of hydrogen-bond acceptors (Lipinski definition) is 2. The van der Waals surface area contributed by atoms with E-state index in [0.29, 0.717) is 16.9 Å². The van der Waals surface area contributed by atoms with Gasteiger partial charge in [-0.05, 0) is 41.1 Å². The zero-order valence-electron chi connectivity index (χ0n) is 12.1. The van der Waals surface area contributed by atoms with Gasteiger partial charge in [0.1, 0.15) is 0 Å². The number of benzene rings is 3. The molecule has 0 atom stereocenters. The van der Waals surface area contributed by atoms with E-state index in [4.69, 9.17) is 5.11 Å². The number of nitrogens with one attached hydrogen (secondary N) is 2. The second-order valence-corrected chi connectivity index (χ2v) is 4.99. The Labute approximate surface area is 132 Å². The first kappa shape index (κ1) is 14.6. The van der Waals surface area contributed by atoms with Gasteiger partial charge in [0.15, 0.2) is 0 Å². The predicted octanol–water partition coefficient (Wildman–Crippen LogP) is 4.18. The van der Waals surface area contributed by atoms with Crippen LogP contribution in [0.2, 0.25) is 0 Å². The molecule has 0 heterocycles. The van der Waals surface area contributed by atoms with Crippen molar-refractivity contribution in [1.82, 2.24) is 0 Å². The van der Waals surface area contributed by atoms with Gasteiger partial charge in [-0.1, -0.05) is 36.4 Å². The summed E-state index contributed by atoms with van der Waals surface area (Å²) in [6.07, 6.45) is -1.13. The zero-order chi connectivity index (χ0) is 16.2. The number of carbonyl (C=O) groups is 2. The van der Waals surface area contributed by atoms with E-state index in [2.05, 4.69) is 10.6 Å². The lowest BCUT2D eigenvalue weighted by Crippen LogP contribution is -2.12. The lowest BCUT2D eigenvalue weighted by Gasteiger charge is -2.09. The Balaban J connectivity index is 1.82. The summed E-state index contributed by atoms with van der Waals surface area (Å²) < 4.78 is 0. The Kier molecular flexibility index (Phi) is 3.93. The maximum Gasteiger partial charge on any atom is 0.409 e. The Morgan fingerprint density at radius 2 is 1.35 bits per heavy atom. The molecule has 0 aromatic heterocycles. The highest BCUT2D eigenvalue weighted by Crippen LogP contribution is 2.20. The van der Waals surface area contributed by atoms with Gasteiger partial charge in [0, 0.05) is 16.9 Å². The molecule has 5 nitrogen and oxygen atoms in total. The largest absolute Gasteiger partial charge is 0.465 e. The van der Waals surface area contributed by atoms with E-state index >= 15 is 0 Å². The number of fused-ring (bicyclic) bond motifs is 1. The summed E-state index contributed by atoms with van der Waals surface area (Å²) in [5, 5.41) is 15.6. The molecule has 0 fully saturated rings. The minimum absolute atomic E-state index is 0.208. The molecule has 0 saturated carbocycles. The van der Waals surface area contributed by atoms with Gasteiger partial charge in [-0.3, -0.25) is 10.1 Å². The molecule has 114 valence electrons. The lowest BCUT2D eigenvalue weighted by atomic mass is 10.0. The van der Waals surface area contributed by atoms with Crippen LogP contribution in [0.4, 0.5) is 16.2 Å². The summed E-state index contributed by atoms with van der Waals surface area (Å²) >= 11 is 0. The van der Waals surface area contributed by atoms with Crippen molar-refractivity contribution < 1.29 is 14.7 Å². The van der Waals surface area contributed by atoms with Crippen molar-refractivity contribution in [2.45, 2.75) is 0 Å². The van der Waals surface area contributed by atoms with Crippen LogP contribution in [-0.4, -0.2) is 17.1 Å². The van der Waals surface area contributed by atoms with Gasteiger partial charge in [0.25, 0.3) is 5.91 Å². The molecule has 0 bridgehead atoms. The maximum atomic E-state index is 12.5. The highest BCUT2D eigenvalue weighted by Gasteiger charge is 2.10. The fourth-order valence-corrected chi connectivity index (χ4v) is 2.38. The second kappa shape index (κ2) is 6.19. The molecular formula is C18H14N2O3. The van der Waals surface area contributed by atoms with Gasteiger partial charge >= 0.3 is 6.09 Å². The molecule has 23 heavy (non-hydrogen) atoms. The standard InChI is InChI=1S/C18H14N2O3/c21-17(16-7-3-5-12-4-1-2-6-15(12)16)19-13-8-10-14(11-9-13)20-18(22)23/h1-11,20H,(H,19,21)(H,22,23). The average Bonchev–Trinajstić information content (AvgIpc) is 2.55. The molecule has 0 aliphatic rings. The van der Waals surface area contributed by atoms with E-state index in [1.165, 1.54) is 0 Å². The van der Waals surface area contributed by atoms with E-state index in [0.717, 1.165) is 10.8 Å².